The van der Waals surface area contributed by atoms with Gasteiger partial charge in [-0.15, -0.1) is 0 Å². The van der Waals surface area contributed by atoms with Crippen LogP contribution in [0, 0.1) is 5.82 Å². The number of ether oxygens (including phenoxy) is 1. The van der Waals surface area contributed by atoms with Crippen LogP contribution in [0.1, 0.15) is 25.0 Å². The zero-order chi connectivity index (χ0) is 20.3. The van der Waals surface area contributed by atoms with Crippen LogP contribution in [-0.2, 0) is 18.3 Å². The minimum absolute atomic E-state index is 0.237. The number of pyridine rings is 1. The molecule has 0 radical (unpaired) electrons. The van der Waals surface area contributed by atoms with Gasteiger partial charge in [0.2, 0.25) is 5.88 Å². The fraction of sp³-hybridized carbons (Fsp3) is 0.263. The summed E-state index contributed by atoms with van der Waals surface area (Å²) >= 11 is 0. The average Bonchev–Trinajstić information content (AvgIpc) is 3.20. The highest BCUT2D eigenvalue weighted by molar-refractivity contribution is 6.20. The quantitative estimate of drug-likeness (QED) is 0.773. The molecule has 0 saturated heterocycles. The summed E-state index contributed by atoms with van der Waals surface area (Å²) in [5.41, 5.74) is 8.43. The van der Waals surface area contributed by atoms with Crippen molar-refractivity contribution in [2.24, 2.45) is 22.8 Å². The minimum Gasteiger partial charge on any atom is -0.478 e. The lowest BCUT2D eigenvalue weighted by molar-refractivity contribution is 0.228. The van der Waals surface area contributed by atoms with Gasteiger partial charge in [-0.2, -0.15) is 10.1 Å². The average molecular weight is 383 g/mol. The Kier molecular flexibility index (Phi) is 5.53. The molecule has 9 heteroatoms. The SMILES string of the molecule is C=C(/N=C1\C(=C(\C)N)N=C(c2cncc(F)c2)N1Cc1cnn(C)c1)OCC. The number of aliphatic imine (C=N–C) groups is 2. The van der Waals surface area contributed by atoms with Crippen molar-refractivity contribution in [3.8, 4) is 0 Å². The van der Waals surface area contributed by atoms with Crippen molar-refractivity contribution in [2.45, 2.75) is 20.4 Å². The highest BCUT2D eigenvalue weighted by Gasteiger charge is 2.31. The zero-order valence-electron chi connectivity index (χ0n) is 16.1. The fourth-order valence-electron chi connectivity index (χ4n) is 2.78. The third kappa shape index (κ3) is 4.08. The first-order valence-corrected chi connectivity index (χ1v) is 8.70. The Morgan fingerprint density at radius 1 is 1.36 bits per heavy atom. The number of rotatable bonds is 6. The molecule has 2 aromatic rings. The second-order valence-electron chi connectivity index (χ2n) is 6.23. The largest absolute Gasteiger partial charge is 0.478 e. The van der Waals surface area contributed by atoms with Crippen molar-refractivity contribution < 1.29 is 9.13 Å². The van der Waals surface area contributed by atoms with Crippen LogP contribution in [0.25, 0.3) is 0 Å². The van der Waals surface area contributed by atoms with E-state index in [9.17, 15) is 4.39 Å². The summed E-state index contributed by atoms with van der Waals surface area (Å²) in [7, 11) is 1.83. The molecule has 0 spiro atoms. The van der Waals surface area contributed by atoms with E-state index >= 15 is 0 Å². The van der Waals surface area contributed by atoms with Crippen molar-refractivity contribution >= 4 is 11.7 Å². The molecule has 146 valence electrons. The van der Waals surface area contributed by atoms with Crippen LogP contribution in [0.4, 0.5) is 4.39 Å². The van der Waals surface area contributed by atoms with Crippen LogP contribution in [0.5, 0.6) is 0 Å². The van der Waals surface area contributed by atoms with Gasteiger partial charge < -0.3 is 15.4 Å². The summed E-state index contributed by atoms with van der Waals surface area (Å²) in [6, 6.07) is 1.37. The second-order valence-corrected chi connectivity index (χ2v) is 6.23. The highest BCUT2D eigenvalue weighted by atomic mass is 19.1. The number of hydrogen-bond acceptors (Lipinski definition) is 6. The number of amidine groups is 2. The summed E-state index contributed by atoms with van der Waals surface area (Å²) in [5, 5.41) is 4.20. The number of nitrogens with zero attached hydrogens (tertiary/aromatic N) is 6. The molecule has 8 nitrogen and oxygen atoms in total. The van der Waals surface area contributed by atoms with Crippen molar-refractivity contribution in [3.63, 3.8) is 0 Å². The maximum absolute atomic E-state index is 13.8. The molecule has 3 heterocycles. The molecule has 3 rings (SSSR count). The molecular weight excluding hydrogens is 361 g/mol. The molecule has 0 fully saturated rings. The first kappa shape index (κ1) is 19.3. The molecule has 2 N–H and O–H groups in total. The Hall–Kier alpha value is -3.49. The molecule has 0 amide bonds. The van der Waals surface area contributed by atoms with Gasteiger partial charge in [-0.3, -0.25) is 9.67 Å². The lowest BCUT2D eigenvalue weighted by atomic mass is 10.2. The van der Waals surface area contributed by atoms with E-state index in [1.165, 1.54) is 6.07 Å². The maximum Gasteiger partial charge on any atom is 0.207 e. The van der Waals surface area contributed by atoms with Crippen LogP contribution in [0.15, 0.2) is 64.7 Å². The molecule has 1 aliphatic rings. The first-order chi connectivity index (χ1) is 13.4. The van der Waals surface area contributed by atoms with Gasteiger partial charge in [0.15, 0.2) is 5.84 Å². The first-order valence-electron chi connectivity index (χ1n) is 8.70. The molecule has 28 heavy (non-hydrogen) atoms. The monoisotopic (exact) mass is 383 g/mol. The number of allylic oxidation sites excluding steroid dienone is 1. The van der Waals surface area contributed by atoms with Gasteiger partial charge >= 0.3 is 0 Å². The summed E-state index contributed by atoms with van der Waals surface area (Å²) in [5.74, 6) is 0.738. The van der Waals surface area contributed by atoms with Gasteiger partial charge in [0.25, 0.3) is 0 Å². The van der Waals surface area contributed by atoms with Gasteiger partial charge in [-0.1, -0.05) is 0 Å². The molecule has 0 aromatic carbocycles. The van der Waals surface area contributed by atoms with E-state index in [1.807, 2.05) is 25.1 Å². The minimum atomic E-state index is -0.458. The van der Waals surface area contributed by atoms with Crippen LogP contribution in [0.3, 0.4) is 0 Å². The van der Waals surface area contributed by atoms with Crippen molar-refractivity contribution in [1.29, 1.82) is 0 Å². The van der Waals surface area contributed by atoms with Crippen molar-refractivity contribution in [1.82, 2.24) is 19.7 Å². The predicted molar refractivity (Wildman–Crippen MR) is 105 cm³/mol. The fourth-order valence-corrected chi connectivity index (χ4v) is 2.78. The van der Waals surface area contributed by atoms with E-state index in [1.54, 1.807) is 24.0 Å². The van der Waals surface area contributed by atoms with Crippen LogP contribution in [-0.4, -0.2) is 37.9 Å². The molecule has 0 saturated carbocycles. The Balaban J connectivity index is 2.11. The van der Waals surface area contributed by atoms with Crippen LogP contribution >= 0.6 is 0 Å². The summed E-state index contributed by atoms with van der Waals surface area (Å²) < 4.78 is 20.9. The van der Waals surface area contributed by atoms with Crippen LogP contribution < -0.4 is 5.73 Å². The van der Waals surface area contributed by atoms with E-state index in [0.29, 0.717) is 41.8 Å². The smallest absolute Gasteiger partial charge is 0.207 e. The molecule has 1 aliphatic heterocycles. The Morgan fingerprint density at radius 3 is 2.75 bits per heavy atom. The third-order valence-electron chi connectivity index (χ3n) is 3.92. The standard InChI is InChI=1S/C19H22FN7O/c1-5-28-13(3)24-19-17(12(2)21)25-18(15-6-16(20)9-22-8-15)27(19)11-14-7-23-26(4)10-14/h6-10H,3,5,11,21H2,1-2,4H3/b17-12+,24-19+. The van der Waals surface area contributed by atoms with Gasteiger partial charge in [0, 0.05) is 36.3 Å². The van der Waals surface area contributed by atoms with Crippen molar-refractivity contribution in [2.75, 3.05) is 6.61 Å². The summed E-state index contributed by atoms with van der Waals surface area (Å²) in [6.07, 6.45) is 6.31. The van der Waals surface area contributed by atoms with E-state index in [0.717, 1.165) is 11.8 Å². The van der Waals surface area contributed by atoms with E-state index in [2.05, 4.69) is 26.6 Å². The lowest BCUT2D eigenvalue weighted by Crippen LogP contribution is -2.33. The normalized spacial score (nSPS) is 17.1. The highest BCUT2D eigenvalue weighted by Crippen LogP contribution is 2.25. The Labute approximate surface area is 162 Å². The number of halogens is 1. The Bertz CT molecular complexity index is 986. The summed E-state index contributed by atoms with van der Waals surface area (Å²) in [4.78, 5) is 14.9. The second kappa shape index (κ2) is 8.03. The topological polar surface area (TPSA) is 93.9 Å². The van der Waals surface area contributed by atoms with E-state index in [4.69, 9.17) is 10.5 Å². The van der Waals surface area contributed by atoms with Gasteiger partial charge in [0.05, 0.1) is 25.5 Å². The van der Waals surface area contributed by atoms with E-state index in [-0.39, 0.29) is 5.88 Å². The molecule has 0 aliphatic carbocycles. The Morgan fingerprint density at radius 2 is 2.14 bits per heavy atom. The molecule has 2 aromatic heterocycles. The van der Waals surface area contributed by atoms with Gasteiger partial charge in [-0.25, -0.2) is 9.38 Å². The van der Waals surface area contributed by atoms with Gasteiger partial charge in [0.1, 0.15) is 17.3 Å². The van der Waals surface area contributed by atoms with Gasteiger partial charge in [-0.05, 0) is 26.5 Å². The number of nitrogens with two attached hydrogens (primary N) is 1. The molecule has 0 atom stereocenters. The number of aromatic nitrogens is 3. The molecule has 0 unspecified atom stereocenters. The predicted octanol–water partition coefficient (Wildman–Crippen LogP) is 2.31. The van der Waals surface area contributed by atoms with Crippen LogP contribution in [0.2, 0.25) is 0 Å². The lowest BCUT2D eigenvalue weighted by Gasteiger charge is -2.21. The summed E-state index contributed by atoms with van der Waals surface area (Å²) in [6.45, 7) is 8.23. The number of hydrogen-bond donors (Lipinski definition) is 1. The van der Waals surface area contributed by atoms with Crippen molar-refractivity contribution in [3.05, 3.63) is 71.7 Å². The third-order valence-corrected chi connectivity index (χ3v) is 3.92. The molecular formula is C19H22FN7O. The molecule has 0 bridgehead atoms. The van der Waals surface area contributed by atoms with E-state index < -0.39 is 5.82 Å². The number of aryl methyl sites for hydroxylation is 1. The zero-order valence-corrected chi connectivity index (χ0v) is 16.1. The maximum atomic E-state index is 13.8.